The smallest absolute Gasteiger partial charge is 0.160 e. The highest BCUT2D eigenvalue weighted by molar-refractivity contribution is 9.10. The van der Waals surface area contributed by atoms with Crippen LogP contribution in [0.3, 0.4) is 0 Å². The Kier molecular flexibility index (Phi) is 3.77. The Balaban J connectivity index is 2.38. The van der Waals surface area contributed by atoms with Crippen molar-refractivity contribution in [2.75, 3.05) is 0 Å². The van der Waals surface area contributed by atoms with Crippen LogP contribution < -0.4 is 0 Å². The lowest BCUT2D eigenvalue weighted by molar-refractivity contribution is 0.199. The first-order valence-corrected chi connectivity index (χ1v) is 6.32. The molecular weight excluding hydrogens is 301 g/mol. The fourth-order valence-corrected chi connectivity index (χ4v) is 2.08. The number of nitrogens with zero attached hydrogens (tertiary/aromatic N) is 3. The van der Waals surface area contributed by atoms with Gasteiger partial charge >= 0.3 is 0 Å². The third-order valence-corrected chi connectivity index (χ3v) is 3.20. The van der Waals surface area contributed by atoms with Crippen LogP contribution in [0.5, 0.6) is 0 Å². The number of benzene rings is 1. The molecule has 0 fully saturated rings. The van der Waals surface area contributed by atoms with Crippen LogP contribution in [0.4, 0.5) is 4.39 Å². The highest BCUT2D eigenvalue weighted by atomic mass is 79.9. The number of hydrogen-bond donors (Lipinski definition) is 1. The van der Waals surface area contributed by atoms with Gasteiger partial charge in [0.15, 0.2) is 5.82 Å². The van der Waals surface area contributed by atoms with E-state index < -0.39 is 6.10 Å². The van der Waals surface area contributed by atoms with E-state index >= 15 is 0 Å². The van der Waals surface area contributed by atoms with Gasteiger partial charge in [-0.25, -0.2) is 14.1 Å². The lowest BCUT2D eigenvalue weighted by atomic mass is 10.1. The summed E-state index contributed by atoms with van der Waals surface area (Å²) in [7, 11) is 0. The van der Waals surface area contributed by atoms with E-state index in [1.54, 1.807) is 10.7 Å². The molecule has 0 spiro atoms. The molecule has 1 aromatic carbocycles. The zero-order valence-corrected chi connectivity index (χ0v) is 11.6. The molecule has 1 atom stereocenters. The minimum absolute atomic E-state index is 0.0982. The van der Waals surface area contributed by atoms with Crippen molar-refractivity contribution in [2.24, 2.45) is 0 Å². The van der Waals surface area contributed by atoms with Crippen LogP contribution in [-0.2, 0) is 0 Å². The van der Waals surface area contributed by atoms with Gasteiger partial charge in [0, 0.05) is 6.04 Å². The van der Waals surface area contributed by atoms with E-state index in [4.69, 9.17) is 0 Å². The van der Waals surface area contributed by atoms with Crippen LogP contribution in [0.2, 0.25) is 0 Å². The van der Waals surface area contributed by atoms with E-state index in [0.29, 0.717) is 15.9 Å². The van der Waals surface area contributed by atoms with Crippen LogP contribution in [0.1, 0.15) is 37.4 Å². The summed E-state index contributed by atoms with van der Waals surface area (Å²) in [6, 6.07) is 4.48. The summed E-state index contributed by atoms with van der Waals surface area (Å²) in [6.45, 7) is 3.90. The average Bonchev–Trinajstić information content (AvgIpc) is 2.81. The van der Waals surface area contributed by atoms with Crippen molar-refractivity contribution in [3.8, 4) is 0 Å². The minimum atomic E-state index is -0.924. The molecule has 96 valence electrons. The van der Waals surface area contributed by atoms with Gasteiger partial charge in [0.25, 0.3) is 0 Å². The van der Waals surface area contributed by atoms with Gasteiger partial charge in [0.2, 0.25) is 0 Å². The molecule has 6 heteroatoms. The normalized spacial score (nSPS) is 13.0. The van der Waals surface area contributed by atoms with Gasteiger partial charge in [0.1, 0.15) is 18.2 Å². The molecule has 0 saturated heterocycles. The van der Waals surface area contributed by atoms with Crippen molar-refractivity contribution < 1.29 is 9.50 Å². The lowest BCUT2D eigenvalue weighted by Gasteiger charge is -2.14. The van der Waals surface area contributed by atoms with Gasteiger partial charge in [0.05, 0.1) is 4.47 Å². The first-order valence-electron chi connectivity index (χ1n) is 5.53. The zero-order chi connectivity index (χ0) is 13.3. The number of halogens is 2. The third-order valence-electron chi connectivity index (χ3n) is 2.59. The maximum absolute atomic E-state index is 13.2. The third kappa shape index (κ3) is 2.44. The van der Waals surface area contributed by atoms with E-state index in [9.17, 15) is 9.50 Å². The maximum atomic E-state index is 13.2. The number of aliphatic hydroxyl groups is 1. The van der Waals surface area contributed by atoms with Crippen LogP contribution in [0.15, 0.2) is 29.0 Å². The summed E-state index contributed by atoms with van der Waals surface area (Å²) in [5.74, 6) is 0.0831. The van der Waals surface area contributed by atoms with E-state index in [-0.39, 0.29) is 11.9 Å². The largest absolute Gasteiger partial charge is 0.380 e. The van der Waals surface area contributed by atoms with Gasteiger partial charge in [-0.3, -0.25) is 0 Å². The molecule has 0 aliphatic heterocycles. The van der Waals surface area contributed by atoms with E-state index in [0.717, 1.165) is 0 Å². The minimum Gasteiger partial charge on any atom is -0.380 e. The highest BCUT2D eigenvalue weighted by Crippen LogP contribution is 2.25. The molecule has 1 heterocycles. The molecule has 1 N–H and O–H groups in total. The summed E-state index contributed by atoms with van der Waals surface area (Å²) in [5, 5.41) is 14.3. The van der Waals surface area contributed by atoms with Gasteiger partial charge in [-0.2, -0.15) is 5.10 Å². The zero-order valence-electron chi connectivity index (χ0n) is 10.0. The Bertz CT molecular complexity index is 556. The Hall–Kier alpha value is -1.27. The van der Waals surface area contributed by atoms with Crippen molar-refractivity contribution in [2.45, 2.75) is 26.0 Å². The summed E-state index contributed by atoms with van der Waals surface area (Å²) in [4.78, 5) is 4.06. The molecule has 0 radical (unpaired) electrons. The lowest BCUT2D eigenvalue weighted by Crippen LogP contribution is -2.13. The number of rotatable bonds is 3. The SMILES string of the molecule is CC(C)n1ncnc1C(O)c1ccc(F)c(Br)c1. The molecule has 4 nitrogen and oxygen atoms in total. The summed E-state index contributed by atoms with van der Waals surface area (Å²) >= 11 is 3.10. The first kappa shape index (κ1) is 13.2. The topological polar surface area (TPSA) is 50.9 Å². The summed E-state index contributed by atoms with van der Waals surface area (Å²) in [6.07, 6.45) is 0.476. The number of aromatic nitrogens is 3. The Morgan fingerprint density at radius 3 is 2.72 bits per heavy atom. The van der Waals surface area contributed by atoms with Crippen molar-refractivity contribution in [3.63, 3.8) is 0 Å². The van der Waals surface area contributed by atoms with Crippen molar-refractivity contribution in [1.29, 1.82) is 0 Å². The number of aliphatic hydroxyl groups excluding tert-OH is 1. The van der Waals surface area contributed by atoms with Gasteiger partial charge in [-0.15, -0.1) is 0 Å². The fourth-order valence-electron chi connectivity index (χ4n) is 1.68. The van der Waals surface area contributed by atoms with Crippen LogP contribution in [0.25, 0.3) is 0 Å². The summed E-state index contributed by atoms with van der Waals surface area (Å²) in [5.41, 5.74) is 0.568. The molecule has 2 rings (SSSR count). The molecule has 0 saturated carbocycles. The second-order valence-corrected chi connectivity index (χ2v) is 5.09. The van der Waals surface area contributed by atoms with E-state index in [1.807, 2.05) is 13.8 Å². The van der Waals surface area contributed by atoms with Crippen LogP contribution in [-0.4, -0.2) is 19.9 Å². The predicted octanol–water partition coefficient (Wildman–Crippen LogP) is 2.84. The molecule has 0 aliphatic rings. The standard InChI is InChI=1S/C12H13BrFN3O/c1-7(2)17-12(15-6-16-17)11(18)8-3-4-10(14)9(13)5-8/h3-7,11,18H,1-2H3. The number of hydrogen-bond acceptors (Lipinski definition) is 3. The van der Waals surface area contributed by atoms with Crippen LogP contribution in [0, 0.1) is 5.82 Å². The Morgan fingerprint density at radius 1 is 1.39 bits per heavy atom. The first-order chi connectivity index (χ1) is 8.50. The second-order valence-electron chi connectivity index (χ2n) is 4.23. The molecular formula is C12H13BrFN3O. The van der Waals surface area contributed by atoms with E-state index in [2.05, 4.69) is 26.0 Å². The average molecular weight is 314 g/mol. The summed E-state index contributed by atoms with van der Waals surface area (Å²) < 4.78 is 15.1. The van der Waals surface area contributed by atoms with Crippen molar-refractivity contribution in [1.82, 2.24) is 14.8 Å². The molecule has 0 amide bonds. The molecule has 0 aliphatic carbocycles. The molecule has 18 heavy (non-hydrogen) atoms. The monoisotopic (exact) mass is 313 g/mol. The molecule has 1 unspecified atom stereocenters. The van der Waals surface area contributed by atoms with Crippen molar-refractivity contribution in [3.05, 3.63) is 46.2 Å². The highest BCUT2D eigenvalue weighted by Gasteiger charge is 2.19. The fraction of sp³-hybridized carbons (Fsp3) is 0.333. The van der Waals surface area contributed by atoms with Crippen LogP contribution >= 0.6 is 15.9 Å². The predicted molar refractivity (Wildman–Crippen MR) is 68.6 cm³/mol. The molecule has 1 aromatic heterocycles. The quantitative estimate of drug-likeness (QED) is 0.948. The van der Waals surface area contributed by atoms with Crippen molar-refractivity contribution >= 4 is 15.9 Å². The Morgan fingerprint density at radius 2 is 2.11 bits per heavy atom. The molecule has 2 aromatic rings. The van der Waals surface area contributed by atoms with Gasteiger partial charge < -0.3 is 5.11 Å². The van der Waals surface area contributed by atoms with Gasteiger partial charge in [-0.1, -0.05) is 6.07 Å². The second kappa shape index (κ2) is 5.16. The molecule has 0 bridgehead atoms. The maximum Gasteiger partial charge on any atom is 0.160 e. The Labute approximate surface area is 113 Å². The van der Waals surface area contributed by atoms with E-state index in [1.165, 1.54) is 18.5 Å². The van der Waals surface area contributed by atoms with Gasteiger partial charge in [-0.05, 0) is 47.5 Å².